The van der Waals surface area contributed by atoms with Gasteiger partial charge in [0.15, 0.2) is 0 Å². The minimum Gasteiger partial charge on any atom is -0.341 e. The monoisotopic (exact) mass is 317 g/mol. The Bertz CT molecular complexity index is 376. The Labute approximate surface area is 133 Å². The number of hydrogen-bond donors (Lipinski definition) is 1. The van der Waals surface area contributed by atoms with Crippen molar-refractivity contribution < 1.29 is 9.59 Å². The van der Waals surface area contributed by atoms with Gasteiger partial charge in [0.05, 0.1) is 0 Å². The van der Waals surface area contributed by atoms with Crippen LogP contribution in [-0.2, 0) is 9.59 Å². The number of carbonyl (C=O) groups is 2. The van der Waals surface area contributed by atoms with Gasteiger partial charge in [0.2, 0.25) is 11.8 Å². The van der Waals surface area contributed by atoms with Crippen LogP contribution in [0.1, 0.15) is 33.1 Å². The lowest BCUT2D eigenvalue weighted by Gasteiger charge is -2.33. The topological polar surface area (TPSA) is 52.7 Å². The van der Waals surface area contributed by atoms with Gasteiger partial charge < -0.3 is 15.1 Å². The molecule has 5 nitrogen and oxygen atoms in total. The van der Waals surface area contributed by atoms with E-state index in [9.17, 15) is 9.59 Å². The lowest BCUT2D eigenvalue weighted by Crippen LogP contribution is -2.51. The summed E-state index contributed by atoms with van der Waals surface area (Å²) in [4.78, 5) is 28.5. The molecule has 1 N–H and O–H groups in total. The maximum Gasteiger partial charge on any atom is 0.245 e. The van der Waals surface area contributed by atoms with Crippen molar-refractivity contribution in [3.8, 4) is 0 Å². The predicted molar refractivity (Wildman–Crippen MR) is 85.4 cm³/mol. The van der Waals surface area contributed by atoms with E-state index in [-0.39, 0.29) is 36.2 Å². The van der Waals surface area contributed by atoms with Crippen LogP contribution in [0, 0.1) is 11.8 Å². The van der Waals surface area contributed by atoms with Gasteiger partial charge in [-0.2, -0.15) is 0 Å². The van der Waals surface area contributed by atoms with Crippen molar-refractivity contribution in [2.45, 2.75) is 39.2 Å². The van der Waals surface area contributed by atoms with Crippen LogP contribution in [0.3, 0.4) is 0 Å². The molecule has 2 fully saturated rings. The smallest absolute Gasteiger partial charge is 0.245 e. The molecule has 21 heavy (non-hydrogen) atoms. The van der Waals surface area contributed by atoms with E-state index >= 15 is 0 Å². The highest BCUT2D eigenvalue weighted by molar-refractivity contribution is 5.89. The fourth-order valence-electron chi connectivity index (χ4n) is 3.42. The molecule has 0 aromatic carbocycles. The van der Waals surface area contributed by atoms with Gasteiger partial charge in [-0.1, -0.05) is 13.8 Å². The molecule has 0 aromatic rings. The van der Waals surface area contributed by atoms with Crippen LogP contribution >= 0.6 is 12.4 Å². The van der Waals surface area contributed by atoms with E-state index < -0.39 is 0 Å². The first-order valence-corrected chi connectivity index (χ1v) is 7.77. The average Bonchev–Trinajstić information content (AvgIpc) is 3.00. The predicted octanol–water partition coefficient (Wildman–Crippen LogP) is 1.12. The van der Waals surface area contributed by atoms with Gasteiger partial charge in [0.1, 0.15) is 6.04 Å². The first-order valence-electron chi connectivity index (χ1n) is 7.77. The Kier molecular flexibility index (Phi) is 6.94. The molecule has 122 valence electrons. The second-order valence-corrected chi connectivity index (χ2v) is 6.38. The summed E-state index contributed by atoms with van der Waals surface area (Å²) < 4.78 is 0. The maximum atomic E-state index is 12.8. The van der Waals surface area contributed by atoms with Gasteiger partial charge in [-0.25, -0.2) is 0 Å². The summed E-state index contributed by atoms with van der Waals surface area (Å²) >= 11 is 0. The van der Waals surface area contributed by atoms with E-state index in [1.165, 1.54) is 0 Å². The zero-order valence-corrected chi connectivity index (χ0v) is 14.1. The van der Waals surface area contributed by atoms with Crippen molar-refractivity contribution in [2.24, 2.45) is 11.8 Å². The highest BCUT2D eigenvalue weighted by Crippen LogP contribution is 2.24. The molecule has 0 aromatic heterocycles. The molecular formula is C15H28ClN3O2. The van der Waals surface area contributed by atoms with Crippen molar-refractivity contribution in [3.05, 3.63) is 0 Å². The van der Waals surface area contributed by atoms with Crippen LogP contribution in [-0.4, -0.2) is 60.9 Å². The minimum absolute atomic E-state index is 0. The number of nitrogens with zero attached hydrogens (tertiary/aromatic N) is 2. The SMILES string of the molecule is CNCC1CCN(C(=O)C(C(C)C)N2CCCC2=O)C1.Cl. The molecule has 2 amide bonds. The van der Waals surface area contributed by atoms with Gasteiger partial charge in [0, 0.05) is 26.1 Å². The molecule has 2 unspecified atom stereocenters. The van der Waals surface area contributed by atoms with Crippen LogP contribution in [0.4, 0.5) is 0 Å². The van der Waals surface area contributed by atoms with E-state index in [0.29, 0.717) is 12.3 Å². The molecule has 0 spiro atoms. The van der Waals surface area contributed by atoms with Crippen LogP contribution in [0.2, 0.25) is 0 Å². The van der Waals surface area contributed by atoms with Gasteiger partial charge in [-0.3, -0.25) is 9.59 Å². The summed E-state index contributed by atoms with van der Waals surface area (Å²) in [5.41, 5.74) is 0. The molecule has 2 rings (SSSR count). The van der Waals surface area contributed by atoms with Crippen LogP contribution in [0.25, 0.3) is 0 Å². The van der Waals surface area contributed by atoms with Crippen LogP contribution < -0.4 is 5.32 Å². The normalized spacial score (nSPS) is 23.6. The van der Waals surface area contributed by atoms with Crippen molar-refractivity contribution in [2.75, 3.05) is 33.2 Å². The number of likely N-dealkylation sites (tertiary alicyclic amines) is 2. The van der Waals surface area contributed by atoms with Crippen molar-refractivity contribution in [3.63, 3.8) is 0 Å². The number of rotatable bonds is 5. The molecular weight excluding hydrogens is 290 g/mol. The molecule has 2 atom stereocenters. The van der Waals surface area contributed by atoms with Crippen molar-refractivity contribution in [1.82, 2.24) is 15.1 Å². The molecule has 2 aliphatic heterocycles. The first kappa shape index (κ1) is 18.2. The lowest BCUT2D eigenvalue weighted by atomic mass is 10.0. The number of halogens is 1. The maximum absolute atomic E-state index is 12.8. The number of amides is 2. The second-order valence-electron chi connectivity index (χ2n) is 6.38. The fourth-order valence-corrected chi connectivity index (χ4v) is 3.42. The quantitative estimate of drug-likeness (QED) is 0.827. The number of nitrogens with one attached hydrogen (secondary N) is 1. The summed E-state index contributed by atoms with van der Waals surface area (Å²) in [6, 6.07) is -0.265. The Morgan fingerprint density at radius 2 is 2.10 bits per heavy atom. The van der Waals surface area contributed by atoms with E-state index in [1.807, 2.05) is 25.8 Å². The molecule has 2 saturated heterocycles. The van der Waals surface area contributed by atoms with Crippen LogP contribution in [0.5, 0.6) is 0 Å². The van der Waals surface area contributed by atoms with E-state index in [1.54, 1.807) is 4.90 Å². The third kappa shape index (κ3) is 4.10. The summed E-state index contributed by atoms with van der Waals surface area (Å²) in [6.07, 6.45) is 2.54. The van der Waals surface area contributed by atoms with E-state index in [2.05, 4.69) is 5.32 Å². The third-order valence-electron chi connectivity index (χ3n) is 4.42. The van der Waals surface area contributed by atoms with Crippen LogP contribution in [0.15, 0.2) is 0 Å². The second kappa shape index (κ2) is 7.99. The molecule has 2 aliphatic rings. The lowest BCUT2D eigenvalue weighted by molar-refractivity contribution is -0.144. The summed E-state index contributed by atoms with van der Waals surface area (Å²) in [5.74, 6) is 1.01. The zero-order valence-electron chi connectivity index (χ0n) is 13.3. The Hall–Kier alpha value is -0.810. The first-order chi connectivity index (χ1) is 9.54. The molecule has 0 saturated carbocycles. The Morgan fingerprint density at radius 1 is 1.38 bits per heavy atom. The largest absolute Gasteiger partial charge is 0.341 e. The molecule has 0 bridgehead atoms. The van der Waals surface area contributed by atoms with Crippen molar-refractivity contribution >= 4 is 24.2 Å². The van der Waals surface area contributed by atoms with Gasteiger partial charge in [0.25, 0.3) is 0 Å². The Balaban J connectivity index is 0.00000220. The third-order valence-corrected chi connectivity index (χ3v) is 4.42. The Morgan fingerprint density at radius 3 is 2.62 bits per heavy atom. The summed E-state index contributed by atoms with van der Waals surface area (Å²) in [6.45, 7) is 7.42. The molecule has 2 heterocycles. The average molecular weight is 318 g/mol. The van der Waals surface area contributed by atoms with Crippen molar-refractivity contribution in [1.29, 1.82) is 0 Å². The molecule has 6 heteroatoms. The molecule has 0 aliphatic carbocycles. The number of hydrogen-bond acceptors (Lipinski definition) is 3. The minimum atomic E-state index is -0.265. The van der Waals surface area contributed by atoms with Gasteiger partial charge >= 0.3 is 0 Å². The van der Waals surface area contributed by atoms with E-state index in [4.69, 9.17) is 0 Å². The fraction of sp³-hybridized carbons (Fsp3) is 0.867. The van der Waals surface area contributed by atoms with E-state index in [0.717, 1.165) is 39.0 Å². The summed E-state index contributed by atoms with van der Waals surface area (Å²) in [5, 5.41) is 3.18. The van der Waals surface area contributed by atoms with Gasteiger partial charge in [-0.15, -0.1) is 12.4 Å². The zero-order chi connectivity index (χ0) is 14.7. The highest BCUT2D eigenvalue weighted by atomic mass is 35.5. The standard InChI is InChI=1S/C15H27N3O2.ClH/c1-11(2)14(18-7-4-5-13(18)19)15(20)17-8-6-12(10-17)9-16-3;/h11-12,14,16H,4-10H2,1-3H3;1H. The van der Waals surface area contributed by atoms with Gasteiger partial charge in [-0.05, 0) is 38.3 Å². The summed E-state index contributed by atoms with van der Waals surface area (Å²) in [7, 11) is 1.95. The highest BCUT2D eigenvalue weighted by Gasteiger charge is 2.38. The number of carbonyl (C=O) groups excluding carboxylic acids is 2. The molecule has 0 radical (unpaired) electrons.